The lowest BCUT2D eigenvalue weighted by molar-refractivity contribution is 0.299. The molecule has 0 bridgehead atoms. The van der Waals surface area contributed by atoms with Crippen molar-refractivity contribution in [3.63, 3.8) is 0 Å². The lowest BCUT2D eigenvalue weighted by Gasteiger charge is -2.03. The smallest absolute Gasteiger partial charge is 0.0471 e. The summed E-state index contributed by atoms with van der Waals surface area (Å²) in [5.74, 6) is 0. The molecule has 0 aliphatic rings. The van der Waals surface area contributed by atoms with Crippen LogP contribution < -0.4 is 0 Å². The molecule has 1 aromatic rings. The molecule has 1 aromatic carbocycles. The first-order chi connectivity index (χ1) is 5.77. The average Bonchev–Trinajstić information content (AvgIpc) is 2.05. The first-order valence-electron chi connectivity index (χ1n) is 3.71. The molecule has 0 amide bonds. The van der Waals surface area contributed by atoms with Gasteiger partial charge in [0.05, 0.1) is 0 Å². The second-order valence-electron chi connectivity index (χ2n) is 2.44. The second kappa shape index (κ2) is 4.90. The Bertz CT molecular complexity index is 263. The Labute approximate surface area is 85.3 Å². The van der Waals surface area contributed by atoms with Crippen LogP contribution >= 0.6 is 27.7 Å². The second-order valence-corrected chi connectivity index (χ2v) is 4.14. The van der Waals surface area contributed by atoms with Gasteiger partial charge in [0, 0.05) is 16.0 Å². The van der Waals surface area contributed by atoms with Crippen LogP contribution in [0.2, 0.25) is 0 Å². The molecule has 0 spiro atoms. The number of halogens is 1. The zero-order valence-corrected chi connectivity index (χ0v) is 9.28. The van der Waals surface area contributed by atoms with Gasteiger partial charge in [0.25, 0.3) is 0 Å². The van der Waals surface area contributed by atoms with Crippen molar-refractivity contribution in [3.05, 3.63) is 28.2 Å². The van der Waals surface area contributed by atoms with Crippen LogP contribution in [0.4, 0.5) is 0 Å². The molecule has 0 saturated heterocycles. The molecule has 0 atom stereocenters. The monoisotopic (exact) mass is 246 g/mol. The van der Waals surface area contributed by atoms with Crippen molar-refractivity contribution in [2.75, 3.05) is 12.9 Å². The minimum Gasteiger partial charge on any atom is -0.396 e. The van der Waals surface area contributed by atoms with Crippen molar-refractivity contribution in [1.82, 2.24) is 0 Å². The molecule has 1 rings (SSSR count). The minimum atomic E-state index is 0.213. The summed E-state index contributed by atoms with van der Waals surface area (Å²) < 4.78 is 1.11. The maximum Gasteiger partial charge on any atom is 0.0471 e. The number of aliphatic hydroxyl groups excluding tert-OH is 1. The topological polar surface area (TPSA) is 20.2 Å². The normalized spacial score (nSPS) is 10.2. The van der Waals surface area contributed by atoms with E-state index in [2.05, 4.69) is 28.1 Å². The SMILES string of the molecule is CSc1ccc(CCO)cc1Br. The van der Waals surface area contributed by atoms with Crippen molar-refractivity contribution in [3.8, 4) is 0 Å². The largest absolute Gasteiger partial charge is 0.396 e. The molecule has 0 saturated carbocycles. The molecule has 1 N–H and O–H groups in total. The summed E-state index contributed by atoms with van der Waals surface area (Å²) >= 11 is 5.19. The van der Waals surface area contributed by atoms with Gasteiger partial charge in [-0.25, -0.2) is 0 Å². The van der Waals surface area contributed by atoms with Gasteiger partial charge < -0.3 is 5.11 Å². The number of benzene rings is 1. The predicted octanol–water partition coefficient (Wildman–Crippen LogP) is 2.71. The van der Waals surface area contributed by atoms with Crippen molar-refractivity contribution in [1.29, 1.82) is 0 Å². The first-order valence-corrected chi connectivity index (χ1v) is 5.73. The van der Waals surface area contributed by atoms with Gasteiger partial charge in [-0.15, -0.1) is 11.8 Å². The fraction of sp³-hybridized carbons (Fsp3) is 0.333. The maximum absolute atomic E-state index is 8.72. The molecule has 0 heterocycles. The van der Waals surface area contributed by atoms with Gasteiger partial charge >= 0.3 is 0 Å². The maximum atomic E-state index is 8.72. The van der Waals surface area contributed by atoms with Crippen LogP contribution in [-0.2, 0) is 6.42 Å². The number of hydrogen-bond acceptors (Lipinski definition) is 2. The van der Waals surface area contributed by atoms with Crippen LogP contribution in [0.3, 0.4) is 0 Å². The van der Waals surface area contributed by atoms with Crippen molar-refractivity contribution in [2.24, 2.45) is 0 Å². The number of rotatable bonds is 3. The predicted molar refractivity (Wildman–Crippen MR) is 56.7 cm³/mol. The van der Waals surface area contributed by atoms with Crippen LogP contribution in [0, 0.1) is 0 Å². The molecule has 66 valence electrons. The molecule has 0 radical (unpaired) electrons. The van der Waals surface area contributed by atoms with Crippen LogP contribution in [-0.4, -0.2) is 18.0 Å². The molecule has 12 heavy (non-hydrogen) atoms. The highest BCUT2D eigenvalue weighted by molar-refractivity contribution is 9.10. The van der Waals surface area contributed by atoms with Crippen molar-refractivity contribution < 1.29 is 5.11 Å². The quantitative estimate of drug-likeness (QED) is 0.829. The van der Waals surface area contributed by atoms with E-state index in [1.807, 2.05) is 12.3 Å². The standard InChI is InChI=1S/C9H11BrOS/c1-12-9-3-2-7(4-5-11)6-8(9)10/h2-3,6,11H,4-5H2,1H3. The average molecular weight is 247 g/mol. The van der Waals surface area contributed by atoms with E-state index in [0.717, 1.165) is 10.9 Å². The Hall–Kier alpha value is 0.01000. The summed E-state index contributed by atoms with van der Waals surface area (Å²) in [7, 11) is 0. The molecular weight excluding hydrogens is 236 g/mol. The highest BCUT2D eigenvalue weighted by Gasteiger charge is 1.99. The van der Waals surface area contributed by atoms with Crippen molar-refractivity contribution >= 4 is 27.7 Å². The van der Waals surface area contributed by atoms with Gasteiger partial charge in [0.2, 0.25) is 0 Å². The summed E-state index contributed by atoms with van der Waals surface area (Å²) in [5, 5.41) is 8.72. The third-order valence-corrected chi connectivity index (χ3v) is 3.33. The number of aliphatic hydroxyl groups is 1. The fourth-order valence-corrected chi connectivity index (χ4v) is 2.36. The Morgan fingerprint density at radius 2 is 2.25 bits per heavy atom. The Kier molecular flexibility index (Phi) is 4.12. The molecule has 0 aromatic heterocycles. The van der Waals surface area contributed by atoms with Gasteiger partial charge in [0.1, 0.15) is 0 Å². The summed E-state index contributed by atoms with van der Waals surface area (Å²) in [6.07, 6.45) is 2.78. The van der Waals surface area contributed by atoms with E-state index in [0.29, 0.717) is 0 Å². The molecule has 0 aliphatic carbocycles. The Morgan fingerprint density at radius 1 is 1.50 bits per heavy atom. The van der Waals surface area contributed by atoms with Gasteiger partial charge in [-0.1, -0.05) is 6.07 Å². The summed E-state index contributed by atoms with van der Waals surface area (Å²) in [6, 6.07) is 6.18. The minimum absolute atomic E-state index is 0.213. The molecule has 0 aliphatic heterocycles. The highest BCUT2D eigenvalue weighted by atomic mass is 79.9. The summed E-state index contributed by atoms with van der Waals surface area (Å²) in [5.41, 5.74) is 1.17. The van der Waals surface area contributed by atoms with Crippen LogP contribution in [0.15, 0.2) is 27.6 Å². The lowest BCUT2D eigenvalue weighted by atomic mass is 10.2. The first kappa shape index (κ1) is 10.1. The molecule has 0 fully saturated rings. The van der Waals surface area contributed by atoms with Crippen LogP contribution in [0.5, 0.6) is 0 Å². The fourth-order valence-electron chi connectivity index (χ4n) is 0.994. The molecule has 3 heteroatoms. The molecule has 0 unspecified atom stereocenters. The Morgan fingerprint density at radius 3 is 2.75 bits per heavy atom. The molecule has 1 nitrogen and oxygen atoms in total. The lowest BCUT2D eigenvalue weighted by Crippen LogP contribution is -1.90. The van der Waals surface area contributed by atoms with Gasteiger partial charge in [-0.3, -0.25) is 0 Å². The van der Waals surface area contributed by atoms with Gasteiger partial charge in [-0.2, -0.15) is 0 Å². The van der Waals surface area contributed by atoms with E-state index in [9.17, 15) is 0 Å². The summed E-state index contributed by atoms with van der Waals surface area (Å²) in [6.45, 7) is 0.213. The van der Waals surface area contributed by atoms with E-state index < -0.39 is 0 Å². The van der Waals surface area contributed by atoms with Gasteiger partial charge in [0.15, 0.2) is 0 Å². The number of thioether (sulfide) groups is 1. The highest BCUT2D eigenvalue weighted by Crippen LogP contribution is 2.26. The molecular formula is C9H11BrOS. The van der Waals surface area contributed by atoms with Crippen molar-refractivity contribution in [2.45, 2.75) is 11.3 Å². The number of hydrogen-bond donors (Lipinski definition) is 1. The van der Waals surface area contributed by atoms with E-state index in [1.54, 1.807) is 11.8 Å². The van der Waals surface area contributed by atoms with Gasteiger partial charge in [-0.05, 0) is 46.3 Å². The van der Waals surface area contributed by atoms with E-state index in [4.69, 9.17) is 5.11 Å². The van der Waals surface area contributed by atoms with Crippen LogP contribution in [0.25, 0.3) is 0 Å². The summed E-state index contributed by atoms with van der Waals surface area (Å²) in [4.78, 5) is 1.23. The third-order valence-electron chi connectivity index (χ3n) is 1.62. The Balaban J connectivity index is 2.86. The van der Waals surface area contributed by atoms with E-state index >= 15 is 0 Å². The third kappa shape index (κ3) is 2.51. The zero-order valence-electron chi connectivity index (χ0n) is 6.88. The van der Waals surface area contributed by atoms with Crippen LogP contribution in [0.1, 0.15) is 5.56 Å². The van der Waals surface area contributed by atoms with E-state index in [1.165, 1.54) is 10.5 Å². The zero-order chi connectivity index (χ0) is 8.97. The van der Waals surface area contributed by atoms with E-state index in [-0.39, 0.29) is 6.61 Å².